The van der Waals surface area contributed by atoms with Crippen molar-refractivity contribution in [3.8, 4) is 6.07 Å². The number of hydrogen-bond donors (Lipinski definition) is 2. The molecule has 7 heteroatoms. The predicted octanol–water partition coefficient (Wildman–Crippen LogP) is 3.38. The van der Waals surface area contributed by atoms with Crippen molar-refractivity contribution < 1.29 is 13.2 Å². The lowest BCUT2D eigenvalue weighted by atomic mass is 10.1. The van der Waals surface area contributed by atoms with Gasteiger partial charge in [-0.3, -0.25) is 4.98 Å². The number of anilines is 1. The fourth-order valence-electron chi connectivity index (χ4n) is 2.52. The molecule has 1 atom stereocenters. The number of nitrogens with zero attached hydrogens (tertiary/aromatic N) is 2. The second kappa shape index (κ2) is 5.89. The molecule has 23 heavy (non-hydrogen) atoms. The molecule has 0 saturated heterocycles. The van der Waals surface area contributed by atoms with Crippen LogP contribution in [0, 0.1) is 11.3 Å². The maximum atomic E-state index is 12.7. The van der Waals surface area contributed by atoms with Gasteiger partial charge in [-0.2, -0.15) is 18.4 Å². The summed E-state index contributed by atoms with van der Waals surface area (Å²) < 4.78 is 38.2. The fraction of sp³-hybridized carbons (Fsp3) is 0.250. The van der Waals surface area contributed by atoms with Gasteiger partial charge < -0.3 is 10.6 Å². The monoisotopic (exact) mass is 318 g/mol. The van der Waals surface area contributed by atoms with Gasteiger partial charge in [0.25, 0.3) is 0 Å². The van der Waals surface area contributed by atoms with E-state index >= 15 is 0 Å². The Labute approximate surface area is 131 Å². The van der Waals surface area contributed by atoms with Crippen molar-refractivity contribution in [1.29, 1.82) is 5.26 Å². The molecular formula is C16H13F3N4. The van der Waals surface area contributed by atoms with Crippen LogP contribution in [0.1, 0.15) is 28.4 Å². The van der Waals surface area contributed by atoms with Crippen molar-refractivity contribution in [2.75, 3.05) is 5.32 Å². The van der Waals surface area contributed by atoms with Gasteiger partial charge >= 0.3 is 6.18 Å². The van der Waals surface area contributed by atoms with Crippen LogP contribution in [0.2, 0.25) is 0 Å². The minimum absolute atomic E-state index is 0.230. The standard InChI is InChI=1S/C16H13F3N4/c17-16(18,19)15-6-10(3-4-22-15)14(7-20)23-13-2-1-11-8-21-9-12(11)5-13/h1-6,14,21,23H,8-9H2/t14-/m0/s1. The van der Waals surface area contributed by atoms with Crippen molar-refractivity contribution >= 4 is 5.69 Å². The van der Waals surface area contributed by atoms with E-state index in [0.717, 1.165) is 30.9 Å². The van der Waals surface area contributed by atoms with Crippen molar-refractivity contribution in [3.05, 3.63) is 58.9 Å². The number of alkyl halides is 3. The van der Waals surface area contributed by atoms with Crippen LogP contribution < -0.4 is 10.6 Å². The summed E-state index contributed by atoms with van der Waals surface area (Å²) in [5, 5.41) is 15.5. The van der Waals surface area contributed by atoms with E-state index in [1.54, 1.807) is 0 Å². The molecule has 2 heterocycles. The van der Waals surface area contributed by atoms with Crippen molar-refractivity contribution in [2.45, 2.75) is 25.3 Å². The van der Waals surface area contributed by atoms with E-state index < -0.39 is 17.9 Å². The molecule has 1 aliphatic heterocycles. The zero-order chi connectivity index (χ0) is 16.4. The lowest BCUT2D eigenvalue weighted by molar-refractivity contribution is -0.141. The van der Waals surface area contributed by atoms with Crippen LogP contribution in [0.3, 0.4) is 0 Å². The summed E-state index contributed by atoms with van der Waals surface area (Å²) in [7, 11) is 0. The van der Waals surface area contributed by atoms with Crippen LogP contribution in [0.4, 0.5) is 18.9 Å². The molecule has 0 unspecified atom stereocenters. The Balaban J connectivity index is 1.85. The molecule has 0 saturated carbocycles. The highest BCUT2D eigenvalue weighted by Crippen LogP contribution is 2.30. The van der Waals surface area contributed by atoms with Crippen LogP contribution in [-0.2, 0) is 19.3 Å². The summed E-state index contributed by atoms with van der Waals surface area (Å²) in [4.78, 5) is 3.31. The van der Waals surface area contributed by atoms with Crippen LogP contribution >= 0.6 is 0 Å². The summed E-state index contributed by atoms with van der Waals surface area (Å²) in [6.07, 6.45) is -3.47. The average molecular weight is 318 g/mol. The van der Waals surface area contributed by atoms with E-state index in [2.05, 4.69) is 15.6 Å². The second-order valence-corrected chi connectivity index (χ2v) is 5.27. The van der Waals surface area contributed by atoms with Gasteiger partial charge in [-0.1, -0.05) is 6.07 Å². The van der Waals surface area contributed by atoms with Gasteiger partial charge in [0, 0.05) is 25.0 Å². The smallest absolute Gasteiger partial charge is 0.366 e. The Morgan fingerprint density at radius 3 is 2.70 bits per heavy atom. The molecule has 4 nitrogen and oxygen atoms in total. The highest BCUT2D eigenvalue weighted by atomic mass is 19.4. The van der Waals surface area contributed by atoms with E-state index in [4.69, 9.17) is 0 Å². The number of halogens is 3. The van der Waals surface area contributed by atoms with Crippen LogP contribution in [-0.4, -0.2) is 4.98 Å². The van der Waals surface area contributed by atoms with E-state index in [1.165, 1.54) is 11.6 Å². The molecule has 2 aromatic rings. The van der Waals surface area contributed by atoms with Crippen molar-refractivity contribution in [2.24, 2.45) is 0 Å². The molecule has 0 spiro atoms. The zero-order valence-corrected chi connectivity index (χ0v) is 12.0. The fourth-order valence-corrected chi connectivity index (χ4v) is 2.52. The Kier molecular flexibility index (Phi) is 3.92. The second-order valence-electron chi connectivity index (χ2n) is 5.27. The van der Waals surface area contributed by atoms with E-state index in [1.807, 2.05) is 24.3 Å². The first-order valence-electron chi connectivity index (χ1n) is 6.99. The SMILES string of the molecule is N#C[C@H](Nc1ccc2c(c1)CNC2)c1ccnc(C(F)(F)F)c1. The number of rotatable bonds is 3. The Morgan fingerprint density at radius 2 is 1.96 bits per heavy atom. The number of benzene rings is 1. The highest BCUT2D eigenvalue weighted by Gasteiger charge is 2.33. The molecule has 3 rings (SSSR count). The topological polar surface area (TPSA) is 60.7 Å². The first-order valence-corrected chi connectivity index (χ1v) is 6.99. The van der Waals surface area contributed by atoms with Gasteiger partial charge in [-0.15, -0.1) is 0 Å². The third kappa shape index (κ3) is 3.27. The molecule has 0 aliphatic carbocycles. The molecule has 0 fully saturated rings. The van der Waals surface area contributed by atoms with Crippen LogP contribution in [0.15, 0.2) is 36.5 Å². The molecule has 2 N–H and O–H groups in total. The minimum atomic E-state index is -4.53. The number of aromatic nitrogens is 1. The predicted molar refractivity (Wildman–Crippen MR) is 78.2 cm³/mol. The Bertz CT molecular complexity index is 765. The van der Waals surface area contributed by atoms with Gasteiger partial charge in [0.2, 0.25) is 0 Å². The molecule has 0 radical (unpaired) electrons. The molecular weight excluding hydrogens is 305 g/mol. The maximum Gasteiger partial charge on any atom is 0.433 e. The number of nitriles is 1. The van der Waals surface area contributed by atoms with E-state index in [-0.39, 0.29) is 5.56 Å². The average Bonchev–Trinajstić information content (AvgIpc) is 2.99. The zero-order valence-electron chi connectivity index (χ0n) is 12.0. The highest BCUT2D eigenvalue weighted by molar-refractivity contribution is 5.52. The first kappa shape index (κ1) is 15.3. The lowest BCUT2D eigenvalue weighted by Gasteiger charge is -2.15. The summed E-state index contributed by atoms with van der Waals surface area (Å²) in [5.41, 5.74) is 2.23. The lowest BCUT2D eigenvalue weighted by Crippen LogP contribution is -2.13. The third-order valence-corrected chi connectivity index (χ3v) is 3.69. The number of hydrogen-bond acceptors (Lipinski definition) is 4. The van der Waals surface area contributed by atoms with E-state index in [0.29, 0.717) is 5.69 Å². The molecule has 1 aliphatic rings. The molecule has 0 amide bonds. The van der Waals surface area contributed by atoms with Gasteiger partial charge in [0.05, 0.1) is 6.07 Å². The minimum Gasteiger partial charge on any atom is -0.366 e. The summed E-state index contributed by atoms with van der Waals surface area (Å²) >= 11 is 0. The number of fused-ring (bicyclic) bond motifs is 1. The first-order chi connectivity index (χ1) is 11.0. The summed E-state index contributed by atoms with van der Waals surface area (Å²) in [5.74, 6) is 0. The molecule has 118 valence electrons. The Morgan fingerprint density at radius 1 is 1.17 bits per heavy atom. The number of nitrogens with one attached hydrogen (secondary N) is 2. The van der Waals surface area contributed by atoms with Crippen molar-refractivity contribution in [1.82, 2.24) is 10.3 Å². The Hall–Kier alpha value is -2.59. The van der Waals surface area contributed by atoms with Gasteiger partial charge in [-0.25, -0.2) is 0 Å². The summed E-state index contributed by atoms with van der Waals surface area (Å²) in [6.45, 7) is 1.55. The van der Waals surface area contributed by atoms with Gasteiger partial charge in [0.15, 0.2) is 0 Å². The van der Waals surface area contributed by atoms with Gasteiger partial charge in [-0.05, 0) is 41.0 Å². The molecule has 1 aromatic carbocycles. The van der Waals surface area contributed by atoms with Gasteiger partial charge in [0.1, 0.15) is 11.7 Å². The maximum absolute atomic E-state index is 12.7. The van der Waals surface area contributed by atoms with Crippen molar-refractivity contribution in [3.63, 3.8) is 0 Å². The van der Waals surface area contributed by atoms with E-state index in [9.17, 15) is 18.4 Å². The molecule has 1 aromatic heterocycles. The van der Waals surface area contributed by atoms with Crippen LogP contribution in [0.25, 0.3) is 0 Å². The normalized spacial score (nSPS) is 14.9. The quantitative estimate of drug-likeness (QED) is 0.911. The van der Waals surface area contributed by atoms with Crippen LogP contribution in [0.5, 0.6) is 0 Å². The summed E-state index contributed by atoms with van der Waals surface area (Å²) in [6, 6.07) is 9.09. The largest absolute Gasteiger partial charge is 0.433 e. The number of pyridine rings is 1. The third-order valence-electron chi connectivity index (χ3n) is 3.69. The molecule has 0 bridgehead atoms.